The molecule has 0 aromatic heterocycles. The van der Waals surface area contributed by atoms with Crippen LogP contribution in [0.4, 0.5) is 0 Å². The summed E-state index contributed by atoms with van der Waals surface area (Å²) in [7, 11) is 0. The van der Waals surface area contributed by atoms with Crippen molar-refractivity contribution in [3.63, 3.8) is 0 Å². The Morgan fingerprint density at radius 3 is 1.88 bits per heavy atom. The predicted octanol–water partition coefficient (Wildman–Crippen LogP) is 5.46. The van der Waals surface area contributed by atoms with E-state index >= 15 is 0 Å². The molecule has 1 rings (SSSR count). The molecule has 0 aliphatic carbocycles. The lowest BCUT2D eigenvalue weighted by Gasteiger charge is -2.47. The molecule has 0 aromatic carbocycles. The van der Waals surface area contributed by atoms with E-state index in [1.165, 1.54) is 5.70 Å². The van der Waals surface area contributed by atoms with Crippen molar-refractivity contribution in [3.05, 3.63) is 36.6 Å². The van der Waals surface area contributed by atoms with Crippen molar-refractivity contribution in [1.29, 1.82) is 0 Å². The van der Waals surface area contributed by atoms with Crippen LogP contribution in [0.5, 0.6) is 0 Å². The van der Waals surface area contributed by atoms with Gasteiger partial charge in [0, 0.05) is 37.4 Å². The van der Waals surface area contributed by atoms with E-state index in [1.807, 2.05) is 33.8 Å². The molecule has 0 unspecified atom stereocenters. The minimum atomic E-state index is 0.192. The normalized spacial score (nSPS) is 16.5. The van der Waals surface area contributed by atoms with E-state index in [-0.39, 0.29) is 11.0 Å². The summed E-state index contributed by atoms with van der Waals surface area (Å²) in [6.07, 6.45) is 9.35. The number of allylic oxidation sites excluding steroid dienone is 4. The molecule has 1 aliphatic heterocycles. The quantitative estimate of drug-likeness (QED) is 0.608. The monoisotopic (exact) mass is 365 g/mol. The first-order valence-corrected chi connectivity index (χ1v) is 10.4. The first kappa shape index (κ1) is 27.2. The molecule has 1 aliphatic rings. The highest BCUT2D eigenvalue weighted by molar-refractivity contribution is 5.22. The fraction of sp³-hybridized carbons (Fsp3) is 0.739. The number of rotatable bonds is 7. The minimum absolute atomic E-state index is 0.192. The lowest BCUT2D eigenvalue weighted by atomic mass is 9.79. The second kappa shape index (κ2) is 14.1. The molecule has 26 heavy (non-hydrogen) atoms. The molecule has 1 fully saturated rings. The maximum absolute atomic E-state index is 5.92. The molecule has 0 bridgehead atoms. The van der Waals surface area contributed by atoms with E-state index in [0.717, 1.165) is 39.1 Å². The van der Waals surface area contributed by atoms with Crippen LogP contribution < -0.4 is 5.73 Å². The Morgan fingerprint density at radius 1 is 1.00 bits per heavy atom. The maximum Gasteiger partial charge on any atom is 0.0363 e. The fourth-order valence-corrected chi connectivity index (χ4v) is 3.48. The molecule has 1 saturated heterocycles. The van der Waals surface area contributed by atoms with Crippen molar-refractivity contribution in [2.75, 3.05) is 32.7 Å². The van der Waals surface area contributed by atoms with Gasteiger partial charge in [-0.3, -0.25) is 4.90 Å². The van der Waals surface area contributed by atoms with Gasteiger partial charge in [0.2, 0.25) is 0 Å². The predicted molar refractivity (Wildman–Crippen MR) is 120 cm³/mol. The standard InChI is InChI=1S/C19H35N3.2C2H6/c1-7-9-17(10-8-2)21-11-13-22(14-12-21)19(5,6)15-18(3,4)16-20;2*1-2/h7-10H,1,11-16,20H2,2-6H3;2*1-2H3/b10-8-,17-9+;;. The van der Waals surface area contributed by atoms with Crippen LogP contribution >= 0.6 is 0 Å². The van der Waals surface area contributed by atoms with Gasteiger partial charge in [-0.05, 0) is 51.3 Å². The Labute approximate surface area is 165 Å². The van der Waals surface area contributed by atoms with E-state index in [1.54, 1.807) is 0 Å². The Bertz CT molecular complexity index is 411. The Morgan fingerprint density at radius 2 is 1.50 bits per heavy atom. The van der Waals surface area contributed by atoms with Crippen LogP contribution in [-0.4, -0.2) is 48.1 Å². The van der Waals surface area contributed by atoms with E-state index < -0.39 is 0 Å². The van der Waals surface area contributed by atoms with Crippen molar-refractivity contribution in [1.82, 2.24) is 9.80 Å². The number of piperazine rings is 1. The minimum Gasteiger partial charge on any atom is -0.369 e. The fourth-order valence-electron chi connectivity index (χ4n) is 3.48. The molecule has 3 heteroatoms. The second-order valence-electron chi connectivity index (χ2n) is 7.66. The van der Waals surface area contributed by atoms with Gasteiger partial charge in [-0.2, -0.15) is 0 Å². The molecule has 0 atom stereocenters. The van der Waals surface area contributed by atoms with Gasteiger partial charge in [0.1, 0.15) is 0 Å². The van der Waals surface area contributed by atoms with Crippen molar-refractivity contribution >= 4 is 0 Å². The van der Waals surface area contributed by atoms with Crippen LogP contribution in [-0.2, 0) is 0 Å². The third-order valence-corrected chi connectivity index (χ3v) is 4.59. The highest BCUT2D eigenvalue weighted by Gasteiger charge is 2.34. The SMILES string of the molecule is C=C/C=C(\C=C/C)N1CCN(C(C)(C)CC(C)(C)CN)CC1.CC.CC. The number of hydrogen-bond acceptors (Lipinski definition) is 3. The van der Waals surface area contributed by atoms with Gasteiger partial charge in [-0.15, -0.1) is 0 Å². The zero-order valence-electron chi connectivity index (χ0n) is 19.2. The zero-order valence-corrected chi connectivity index (χ0v) is 19.2. The second-order valence-corrected chi connectivity index (χ2v) is 7.66. The van der Waals surface area contributed by atoms with Crippen LogP contribution in [0.1, 0.15) is 68.7 Å². The van der Waals surface area contributed by atoms with Gasteiger partial charge >= 0.3 is 0 Å². The molecular weight excluding hydrogens is 318 g/mol. The van der Waals surface area contributed by atoms with Gasteiger partial charge in [0.05, 0.1) is 0 Å². The summed E-state index contributed by atoms with van der Waals surface area (Å²) in [5.41, 5.74) is 7.57. The Kier molecular flexibility index (Phi) is 14.7. The average molecular weight is 366 g/mol. The average Bonchev–Trinajstić information content (AvgIpc) is 2.64. The third kappa shape index (κ3) is 9.59. The zero-order chi connectivity index (χ0) is 20.8. The van der Waals surface area contributed by atoms with E-state index in [9.17, 15) is 0 Å². The molecule has 0 amide bonds. The van der Waals surface area contributed by atoms with Gasteiger partial charge in [-0.1, -0.05) is 60.3 Å². The van der Waals surface area contributed by atoms with Gasteiger partial charge < -0.3 is 10.6 Å². The summed E-state index contributed by atoms with van der Waals surface area (Å²) in [5.74, 6) is 0. The Balaban J connectivity index is 0. The maximum atomic E-state index is 5.92. The number of nitrogens with zero attached hydrogens (tertiary/aromatic N) is 2. The summed E-state index contributed by atoms with van der Waals surface area (Å²) >= 11 is 0. The third-order valence-electron chi connectivity index (χ3n) is 4.59. The van der Waals surface area contributed by atoms with Crippen molar-refractivity contribution in [2.24, 2.45) is 11.1 Å². The molecule has 1 heterocycles. The highest BCUT2D eigenvalue weighted by Crippen LogP contribution is 2.31. The first-order valence-electron chi connectivity index (χ1n) is 10.4. The van der Waals surface area contributed by atoms with Crippen molar-refractivity contribution in [2.45, 2.75) is 74.3 Å². The Hall–Kier alpha value is -1.06. The molecule has 0 aromatic rings. The van der Waals surface area contributed by atoms with Gasteiger partial charge in [-0.25, -0.2) is 0 Å². The smallest absolute Gasteiger partial charge is 0.0363 e. The van der Waals surface area contributed by atoms with Crippen molar-refractivity contribution in [3.8, 4) is 0 Å². The molecular formula is C23H47N3. The largest absolute Gasteiger partial charge is 0.369 e. The topological polar surface area (TPSA) is 32.5 Å². The van der Waals surface area contributed by atoms with Crippen LogP contribution in [0.25, 0.3) is 0 Å². The molecule has 2 N–H and O–H groups in total. The van der Waals surface area contributed by atoms with Crippen LogP contribution in [0.2, 0.25) is 0 Å². The van der Waals surface area contributed by atoms with E-state index in [0.29, 0.717) is 0 Å². The molecule has 0 spiro atoms. The van der Waals surface area contributed by atoms with E-state index in [4.69, 9.17) is 5.73 Å². The lowest BCUT2D eigenvalue weighted by molar-refractivity contribution is 0.0368. The number of nitrogens with two attached hydrogens (primary N) is 1. The lowest BCUT2D eigenvalue weighted by Crippen LogP contribution is -2.55. The molecule has 154 valence electrons. The van der Waals surface area contributed by atoms with E-state index in [2.05, 4.69) is 69.2 Å². The molecule has 0 saturated carbocycles. The highest BCUT2D eigenvalue weighted by atomic mass is 15.3. The van der Waals surface area contributed by atoms with Crippen LogP contribution in [0, 0.1) is 5.41 Å². The summed E-state index contributed by atoms with van der Waals surface area (Å²) in [4.78, 5) is 5.06. The first-order chi connectivity index (χ1) is 12.3. The summed E-state index contributed by atoms with van der Waals surface area (Å²) < 4.78 is 0. The van der Waals surface area contributed by atoms with Gasteiger partial charge in [0.25, 0.3) is 0 Å². The molecule has 0 radical (unpaired) electrons. The number of hydrogen-bond donors (Lipinski definition) is 1. The van der Waals surface area contributed by atoms with Gasteiger partial charge in [0.15, 0.2) is 0 Å². The summed E-state index contributed by atoms with van der Waals surface area (Å²) in [6, 6.07) is 0. The summed E-state index contributed by atoms with van der Waals surface area (Å²) in [5, 5.41) is 0. The molecule has 3 nitrogen and oxygen atoms in total. The van der Waals surface area contributed by atoms with Crippen molar-refractivity contribution < 1.29 is 0 Å². The summed E-state index contributed by atoms with van der Waals surface area (Å²) in [6.45, 7) is 28.2. The van der Waals surface area contributed by atoms with Crippen LogP contribution in [0.3, 0.4) is 0 Å². The van der Waals surface area contributed by atoms with Crippen LogP contribution in [0.15, 0.2) is 36.6 Å².